The predicted octanol–water partition coefficient (Wildman–Crippen LogP) is 2.99. The van der Waals surface area contributed by atoms with E-state index in [1.807, 2.05) is 37.3 Å². The summed E-state index contributed by atoms with van der Waals surface area (Å²) in [5.74, 6) is 0.235. The number of H-pyrrole nitrogens is 1. The summed E-state index contributed by atoms with van der Waals surface area (Å²) in [6.07, 6.45) is 3.21. The molecule has 0 radical (unpaired) electrons. The molecule has 3 rings (SSSR count). The molecule has 2 atom stereocenters. The van der Waals surface area contributed by atoms with Crippen molar-refractivity contribution in [2.24, 2.45) is 0 Å². The molecule has 7 nitrogen and oxygen atoms in total. The average Bonchev–Trinajstić information content (AvgIpc) is 3.24. The van der Waals surface area contributed by atoms with Crippen molar-refractivity contribution in [1.29, 1.82) is 0 Å². The van der Waals surface area contributed by atoms with Gasteiger partial charge in [0.25, 0.3) is 5.91 Å². The van der Waals surface area contributed by atoms with E-state index in [-0.39, 0.29) is 25.2 Å². The Labute approximate surface area is 173 Å². The van der Waals surface area contributed by atoms with Gasteiger partial charge in [-0.2, -0.15) is 0 Å². The number of carbonyl (C=O) groups is 1. The van der Waals surface area contributed by atoms with Gasteiger partial charge in [-0.15, -0.1) is 0 Å². The predicted molar refractivity (Wildman–Crippen MR) is 113 cm³/mol. The van der Waals surface area contributed by atoms with Gasteiger partial charge in [-0.1, -0.05) is 41.9 Å². The lowest BCUT2D eigenvalue weighted by Crippen LogP contribution is -2.30. The highest BCUT2D eigenvalue weighted by molar-refractivity contribution is 6.33. The van der Waals surface area contributed by atoms with Crippen molar-refractivity contribution in [3.63, 3.8) is 0 Å². The van der Waals surface area contributed by atoms with Crippen molar-refractivity contribution < 1.29 is 15.0 Å². The number of aromatic amines is 1. The van der Waals surface area contributed by atoms with E-state index in [1.54, 1.807) is 18.3 Å². The molecular formula is C21H23ClN4O3. The molecule has 8 heteroatoms. The van der Waals surface area contributed by atoms with E-state index in [0.717, 1.165) is 11.1 Å². The van der Waals surface area contributed by atoms with Crippen LogP contribution in [0.2, 0.25) is 5.02 Å². The van der Waals surface area contributed by atoms with E-state index >= 15 is 0 Å². The van der Waals surface area contributed by atoms with Crippen LogP contribution in [-0.2, 0) is 0 Å². The van der Waals surface area contributed by atoms with E-state index in [9.17, 15) is 15.0 Å². The molecule has 0 saturated heterocycles. The zero-order valence-corrected chi connectivity index (χ0v) is 16.6. The minimum atomic E-state index is -0.504. The molecule has 3 aromatic rings. The highest BCUT2D eigenvalue weighted by atomic mass is 35.5. The molecule has 2 aromatic heterocycles. The van der Waals surface area contributed by atoms with Crippen LogP contribution in [-0.4, -0.2) is 45.3 Å². The van der Waals surface area contributed by atoms with Crippen molar-refractivity contribution in [3.05, 3.63) is 71.1 Å². The number of aromatic nitrogens is 2. The molecule has 2 heterocycles. The van der Waals surface area contributed by atoms with Crippen LogP contribution >= 0.6 is 11.6 Å². The summed E-state index contributed by atoms with van der Waals surface area (Å²) in [7, 11) is 0. The van der Waals surface area contributed by atoms with E-state index in [0.29, 0.717) is 22.1 Å². The number of rotatable bonds is 8. The number of pyridine rings is 1. The van der Waals surface area contributed by atoms with E-state index in [2.05, 4.69) is 20.6 Å². The Kier molecular flexibility index (Phi) is 6.87. The maximum Gasteiger partial charge on any atom is 0.268 e. The SMILES string of the molecule is CC(CO)Nc1cc(-c2c[nH]c(C(=O)N[C@H](CO)c3ccccc3)c2)c(Cl)cn1. The van der Waals surface area contributed by atoms with E-state index in [1.165, 1.54) is 6.20 Å². The normalized spacial score (nSPS) is 13.0. The second-order valence-electron chi connectivity index (χ2n) is 6.70. The monoisotopic (exact) mass is 414 g/mol. The fourth-order valence-electron chi connectivity index (χ4n) is 2.87. The second-order valence-corrected chi connectivity index (χ2v) is 7.11. The van der Waals surface area contributed by atoms with E-state index < -0.39 is 6.04 Å². The van der Waals surface area contributed by atoms with Gasteiger partial charge in [-0.05, 0) is 24.6 Å². The molecule has 0 bridgehead atoms. The molecule has 0 aliphatic rings. The van der Waals surface area contributed by atoms with Crippen LogP contribution in [0.25, 0.3) is 11.1 Å². The number of hydrogen-bond acceptors (Lipinski definition) is 5. The standard InChI is InChI=1S/C21H23ClN4O3/c1-13(11-27)25-20-8-16(17(22)10-24-20)15-7-18(23-9-15)21(29)26-19(12-28)14-5-3-2-4-6-14/h2-10,13,19,23,27-28H,11-12H2,1H3,(H,24,25)(H,26,29)/t13?,19-/m1/s1. The minimum Gasteiger partial charge on any atom is -0.394 e. The zero-order valence-electron chi connectivity index (χ0n) is 15.9. The first kappa shape index (κ1) is 20.9. The van der Waals surface area contributed by atoms with Crippen LogP contribution in [0.5, 0.6) is 0 Å². The summed E-state index contributed by atoms with van der Waals surface area (Å²) in [5, 5.41) is 25.2. The van der Waals surface area contributed by atoms with Gasteiger partial charge in [0.1, 0.15) is 11.5 Å². The Hall–Kier alpha value is -2.87. The van der Waals surface area contributed by atoms with Crippen LogP contribution in [0.4, 0.5) is 5.82 Å². The van der Waals surface area contributed by atoms with Gasteiger partial charge >= 0.3 is 0 Å². The molecule has 1 amide bonds. The number of halogens is 1. The Bertz CT molecular complexity index is 962. The molecule has 0 spiro atoms. The minimum absolute atomic E-state index is 0.0262. The van der Waals surface area contributed by atoms with Crippen LogP contribution < -0.4 is 10.6 Å². The van der Waals surface area contributed by atoms with Crippen LogP contribution in [0, 0.1) is 0 Å². The third-order valence-electron chi connectivity index (χ3n) is 4.45. The maximum atomic E-state index is 12.6. The Morgan fingerprint density at radius 3 is 2.66 bits per heavy atom. The summed E-state index contributed by atoms with van der Waals surface area (Å²) in [5.41, 5.74) is 2.59. The van der Waals surface area contributed by atoms with Gasteiger partial charge in [-0.3, -0.25) is 4.79 Å². The van der Waals surface area contributed by atoms with Crippen molar-refractivity contribution in [2.75, 3.05) is 18.5 Å². The number of anilines is 1. The summed E-state index contributed by atoms with van der Waals surface area (Å²) in [4.78, 5) is 19.8. The molecule has 1 aromatic carbocycles. The number of carbonyl (C=O) groups excluding carboxylic acids is 1. The van der Waals surface area contributed by atoms with Gasteiger partial charge < -0.3 is 25.8 Å². The smallest absolute Gasteiger partial charge is 0.268 e. The molecule has 5 N–H and O–H groups in total. The Morgan fingerprint density at radius 2 is 1.97 bits per heavy atom. The second kappa shape index (κ2) is 9.56. The zero-order chi connectivity index (χ0) is 20.8. The first-order valence-electron chi connectivity index (χ1n) is 9.20. The van der Waals surface area contributed by atoms with Crippen LogP contribution in [0.3, 0.4) is 0 Å². The third-order valence-corrected chi connectivity index (χ3v) is 4.75. The molecule has 152 valence electrons. The van der Waals surface area contributed by atoms with Crippen molar-refractivity contribution in [1.82, 2.24) is 15.3 Å². The summed E-state index contributed by atoms with van der Waals surface area (Å²) < 4.78 is 0. The Morgan fingerprint density at radius 1 is 1.21 bits per heavy atom. The molecule has 1 unspecified atom stereocenters. The third kappa shape index (κ3) is 5.14. The van der Waals surface area contributed by atoms with Crippen molar-refractivity contribution in [3.8, 4) is 11.1 Å². The fourth-order valence-corrected chi connectivity index (χ4v) is 3.09. The average molecular weight is 415 g/mol. The van der Waals surface area contributed by atoms with Crippen molar-refractivity contribution in [2.45, 2.75) is 19.0 Å². The number of amides is 1. The van der Waals surface area contributed by atoms with Gasteiger partial charge in [-0.25, -0.2) is 4.98 Å². The Balaban J connectivity index is 1.78. The number of nitrogens with one attached hydrogen (secondary N) is 3. The van der Waals surface area contributed by atoms with Gasteiger partial charge in [0.2, 0.25) is 0 Å². The number of aliphatic hydroxyl groups is 2. The number of aliphatic hydroxyl groups excluding tert-OH is 2. The lowest BCUT2D eigenvalue weighted by atomic mass is 10.1. The van der Waals surface area contributed by atoms with Crippen molar-refractivity contribution >= 4 is 23.3 Å². The van der Waals surface area contributed by atoms with Gasteiger partial charge in [0, 0.05) is 29.6 Å². The lowest BCUT2D eigenvalue weighted by Gasteiger charge is -2.16. The first-order chi connectivity index (χ1) is 14.0. The molecule has 0 saturated carbocycles. The lowest BCUT2D eigenvalue weighted by molar-refractivity contribution is 0.0912. The summed E-state index contributed by atoms with van der Waals surface area (Å²) in [6, 6.07) is 12.1. The van der Waals surface area contributed by atoms with Crippen LogP contribution in [0.1, 0.15) is 29.0 Å². The maximum absolute atomic E-state index is 12.6. The quantitative estimate of drug-likeness (QED) is 0.389. The highest BCUT2D eigenvalue weighted by Crippen LogP contribution is 2.30. The van der Waals surface area contributed by atoms with Gasteiger partial charge in [0.05, 0.1) is 24.3 Å². The number of hydrogen-bond donors (Lipinski definition) is 5. The highest BCUT2D eigenvalue weighted by Gasteiger charge is 2.17. The molecule has 0 aliphatic carbocycles. The molecule has 0 aliphatic heterocycles. The summed E-state index contributed by atoms with van der Waals surface area (Å²) >= 11 is 6.29. The molecule has 29 heavy (non-hydrogen) atoms. The topological polar surface area (TPSA) is 110 Å². The molecule has 0 fully saturated rings. The largest absolute Gasteiger partial charge is 0.394 e. The summed E-state index contributed by atoms with van der Waals surface area (Å²) in [6.45, 7) is 1.60. The van der Waals surface area contributed by atoms with Crippen LogP contribution in [0.15, 0.2) is 54.9 Å². The number of nitrogens with zero attached hydrogens (tertiary/aromatic N) is 1. The number of benzene rings is 1. The molecular weight excluding hydrogens is 392 g/mol. The van der Waals surface area contributed by atoms with Gasteiger partial charge in [0.15, 0.2) is 0 Å². The first-order valence-corrected chi connectivity index (χ1v) is 9.58. The van der Waals surface area contributed by atoms with E-state index in [4.69, 9.17) is 11.6 Å². The fraction of sp³-hybridized carbons (Fsp3) is 0.238.